The molecule has 23 heavy (non-hydrogen) atoms. The van der Waals surface area contributed by atoms with E-state index < -0.39 is 0 Å². The number of benzene rings is 1. The van der Waals surface area contributed by atoms with Crippen molar-refractivity contribution in [2.75, 3.05) is 19.0 Å². The molecule has 2 rings (SSSR count). The monoisotopic (exact) mass is 314 g/mol. The number of nitrogens with one attached hydrogen (secondary N) is 1. The number of carbonyl (C=O) groups is 1. The first kappa shape index (κ1) is 16.8. The van der Waals surface area contributed by atoms with Gasteiger partial charge in [0.1, 0.15) is 0 Å². The average molecular weight is 314 g/mol. The number of anilines is 1. The van der Waals surface area contributed by atoms with Crippen LogP contribution in [0.15, 0.2) is 36.5 Å². The Morgan fingerprint density at radius 1 is 1.22 bits per heavy atom. The Balaban J connectivity index is 1.92. The van der Waals surface area contributed by atoms with E-state index in [0.29, 0.717) is 36.6 Å². The SMILES string of the molecule is CCOc1ccc(CCC(=O)Nc2ccc(C)nc2)cc1OC. The number of amides is 1. The first-order valence-electron chi connectivity index (χ1n) is 7.64. The number of hydrogen-bond donors (Lipinski definition) is 1. The lowest BCUT2D eigenvalue weighted by Gasteiger charge is -2.11. The number of nitrogens with zero attached hydrogens (tertiary/aromatic N) is 1. The molecule has 0 aliphatic rings. The Morgan fingerprint density at radius 2 is 2.04 bits per heavy atom. The van der Waals surface area contributed by atoms with Crippen LogP contribution in [0.4, 0.5) is 5.69 Å². The molecule has 1 aromatic carbocycles. The van der Waals surface area contributed by atoms with E-state index in [9.17, 15) is 4.79 Å². The highest BCUT2D eigenvalue weighted by Crippen LogP contribution is 2.28. The molecule has 0 radical (unpaired) electrons. The average Bonchev–Trinajstić information content (AvgIpc) is 2.56. The lowest BCUT2D eigenvalue weighted by molar-refractivity contribution is -0.116. The van der Waals surface area contributed by atoms with Crippen LogP contribution < -0.4 is 14.8 Å². The van der Waals surface area contributed by atoms with Crippen molar-refractivity contribution in [3.8, 4) is 11.5 Å². The number of carbonyl (C=O) groups excluding carboxylic acids is 1. The molecule has 5 nitrogen and oxygen atoms in total. The zero-order valence-corrected chi connectivity index (χ0v) is 13.8. The van der Waals surface area contributed by atoms with E-state index in [1.807, 2.05) is 44.2 Å². The van der Waals surface area contributed by atoms with Crippen LogP contribution >= 0.6 is 0 Å². The minimum Gasteiger partial charge on any atom is -0.493 e. The second kappa shape index (κ2) is 8.17. The van der Waals surface area contributed by atoms with Crippen molar-refractivity contribution in [3.63, 3.8) is 0 Å². The summed E-state index contributed by atoms with van der Waals surface area (Å²) in [5.41, 5.74) is 2.66. The quantitative estimate of drug-likeness (QED) is 0.851. The number of hydrogen-bond acceptors (Lipinski definition) is 4. The molecule has 1 aromatic heterocycles. The number of pyridine rings is 1. The van der Waals surface area contributed by atoms with Gasteiger partial charge in [0, 0.05) is 12.1 Å². The van der Waals surface area contributed by atoms with E-state index in [4.69, 9.17) is 9.47 Å². The van der Waals surface area contributed by atoms with Crippen molar-refractivity contribution < 1.29 is 14.3 Å². The van der Waals surface area contributed by atoms with Gasteiger partial charge in [0.2, 0.25) is 5.91 Å². The summed E-state index contributed by atoms with van der Waals surface area (Å²) in [5, 5.41) is 2.84. The molecule has 0 saturated carbocycles. The Labute approximate surface area is 136 Å². The zero-order valence-electron chi connectivity index (χ0n) is 13.8. The minimum atomic E-state index is -0.0384. The van der Waals surface area contributed by atoms with Gasteiger partial charge in [-0.1, -0.05) is 6.07 Å². The van der Waals surface area contributed by atoms with E-state index in [-0.39, 0.29) is 5.91 Å². The normalized spacial score (nSPS) is 10.2. The molecule has 1 heterocycles. The lowest BCUT2D eigenvalue weighted by atomic mass is 10.1. The maximum Gasteiger partial charge on any atom is 0.224 e. The predicted molar refractivity (Wildman–Crippen MR) is 90.1 cm³/mol. The van der Waals surface area contributed by atoms with Crippen LogP contribution in [0, 0.1) is 6.92 Å². The zero-order chi connectivity index (χ0) is 16.7. The minimum absolute atomic E-state index is 0.0384. The first-order chi connectivity index (χ1) is 11.1. The van der Waals surface area contributed by atoms with Gasteiger partial charge >= 0.3 is 0 Å². The Kier molecular flexibility index (Phi) is 5.97. The highest BCUT2D eigenvalue weighted by molar-refractivity contribution is 5.90. The topological polar surface area (TPSA) is 60.5 Å². The molecule has 0 aliphatic carbocycles. The summed E-state index contributed by atoms with van der Waals surface area (Å²) in [6, 6.07) is 9.45. The van der Waals surface area contributed by atoms with Gasteiger partial charge in [-0.2, -0.15) is 0 Å². The lowest BCUT2D eigenvalue weighted by Crippen LogP contribution is -2.12. The maximum atomic E-state index is 12.0. The highest BCUT2D eigenvalue weighted by Gasteiger charge is 2.08. The second-order valence-corrected chi connectivity index (χ2v) is 5.15. The van der Waals surface area contributed by atoms with Crippen LogP contribution in [0.3, 0.4) is 0 Å². The van der Waals surface area contributed by atoms with Crippen LogP contribution in [-0.2, 0) is 11.2 Å². The van der Waals surface area contributed by atoms with E-state index in [0.717, 1.165) is 11.3 Å². The summed E-state index contributed by atoms with van der Waals surface area (Å²) >= 11 is 0. The predicted octanol–water partition coefficient (Wildman–Crippen LogP) is 3.37. The molecular weight excluding hydrogens is 292 g/mol. The molecule has 2 aromatic rings. The van der Waals surface area contributed by atoms with E-state index in [1.165, 1.54) is 0 Å². The molecule has 0 aliphatic heterocycles. The number of rotatable bonds is 7. The maximum absolute atomic E-state index is 12.0. The third kappa shape index (κ3) is 4.98. The first-order valence-corrected chi connectivity index (χ1v) is 7.64. The summed E-state index contributed by atoms with van der Waals surface area (Å²) in [6.07, 6.45) is 2.69. The van der Waals surface area contributed by atoms with Crippen LogP contribution in [-0.4, -0.2) is 24.6 Å². The molecular formula is C18H22N2O3. The Hall–Kier alpha value is -2.56. The smallest absolute Gasteiger partial charge is 0.224 e. The molecule has 0 saturated heterocycles. The van der Waals surface area contributed by atoms with Crippen LogP contribution in [0.5, 0.6) is 11.5 Å². The summed E-state index contributed by atoms with van der Waals surface area (Å²) in [5.74, 6) is 1.37. The van der Waals surface area contributed by atoms with Crippen molar-refractivity contribution in [2.24, 2.45) is 0 Å². The fraction of sp³-hybridized carbons (Fsp3) is 0.333. The Morgan fingerprint density at radius 3 is 2.70 bits per heavy atom. The van der Waals surface area contributed by atoms with Crippen molar-refractivity contribution in [2.45, 2.75) is 26.7 Å². The van der Waals surface area contributed by atoms with Gasteiger partial charge in [-0.15, -0.1) is 0 Å². The second-order valence-electron chi connectivity index (χ2n) is 5.15. The van der Waals surface area contributed by atoms with Gasteiger partial charge in [0.25, 0.3) is 0 Å². The molecule has 0 bridgehead atoms. The number of ether oxygens (including phenoxy) is 2. The van der Waals surface area contributed by atoms with Crippen molar-refractivity contribution in [1.29, 1.82) is 0 Å². The summed E-state index contributed by atoms with van der Waals surface area (Å²) in [7, 11) is 1.61. The highest BCUT2D eigenvalue weighted by atomic mass is 16.5. The molecule has 5 heteroatoms. The molecule has 0 atom stereocenters. The molecule has 0 spiro atoms. The third-order valence-corrected chi connectivity index (χ3v) is 3.36. The number of aromatic nitrogens is 1. The molecule has 1 N–H and O–H groups in total. The van der Waals surface area contributed by atoms with Gasteiger partial charge in [-0.05, 0) is 50.1 Å². The van der Waals surface area contributed by atoms with Crippen LogP contribution in [0.25, 0.3) is 0 Å². The van der Waals surface area contributed by atoms with Gasteiger partial charge < -0.3 is 14.8 Å². The number of aryl methyl sites for hydroxylation is 2. The van der Waals surface area contributed by atoms with Crippen molar-refractivity contribution >= 4 is 11.6 Å². The Bertz CT molecular complexity index is 654. The molecule has 122 valence electrons. The fourth-order valence-corrected chi connectivity index (χ4v) is 2.17. The number of methoxy groups -OCH3 is 1. The summed E-state index contributed by atoms with van der Waals surface area (Å²) < 4.78 is 10.8. The van der Waals surface area contributed by atoms with Crippen LogP contribution in [0.2, 0.25) is 0 Å². The van der Waals surface area contributed by atoms with Gasteiger partial charge in [-0.3, -0.25) is 9.78 Å². The third-order valence-electron chi connectivity index (χ3n) is 3.36. The largest absolute Gasteiger partial charge is 0.493 e. The molecule has 1 amide bonds. The summed E-state index contributed by atoms with van der Waals surface area (Å²) in [6.45, 7) is 4.42. The molecule has 0 unspecified atom stereocenters. The van der Waals surface area contributed by atoms with Crippen LogP contribution in [0.1, 0.15) is 24.6 Å². The van der Waals surface area contributed by atoms with E-state index in [1.54, 1.807) is 13.3 Å². The molecule has 0 fully saturated rings. The van der Waals surface area contributed by atoms with Crippen molar-refractivity contribution in [3.05, 3.63) is 47.8 Å². The summed E-state index contributed by atoms with van der Waals surface area (Å²) in [4.78, 5) is 16.2. The standard InChI is InChI=1S/C18H22N2O3/c1-4-23-16-9-6-14(11-17(16)22-3)7-10-18(21)20-15-8-5-13(2)19-12-15/h5-6,8-9,11-12H,4,7,10H2,1-3H3,(H,20,21). The van der Waals surface area contributed by atoms with Crippen molar-refractivity contribution in [1.82, 2.24) is 4.98 Å². The van der Waals surface area contributed by atoms with E-state index in [2.05, 4.69) is 10.3 Å². The van der Waals surface area contributed by atoms with Gasteiger partial charge in [0.15, 0.2) is 11.5 Å². The van der Waals surface area contributed by atoms with E-state index >= 15 is 0 Å². The fourth-order valence-electron chi connectivity index (χ4n) is 2.17. The van der Waals surface area contributed by atoms with Gasteiger partial charge in [-0.25, -0.2) is 0 Å². The van der Waals surface area contributed by atoms with Gasteiger partial charge in [0.05, 0.1) is 25.6 Å².